The summed E-state index contributed by atoms with van der Waals surface area (Å²) in [7, 11) is 0. The minimum atomic E-state index is -0.0291. The predicted molar refractivity (Wildman–Crippen MR) is 93.3 cm³/mol. The lowest BCUT2D eigenvalue weighted by Crippen LogP contribution is -2.23. The Morgan fingerprint density at radius 2 is 2.00 bits per heavy atom. The summed E-state index contributed by atoms with van der Waals surface area (Å²) in [4.78, 5) is 16.4. The smallest absolute Gasteiger partial charge is 0.220 e. The topological polar surface area (TPSA) is 78.9 Å². The van der Waals surface area contributed by atoms with Crippen LogP contribution in [0.4, 0.5) is 0 Å². The Labute approximate surface area is 145 Å². The normalized spacial score (nSPS) is 10.2. The first kappa shape index (κ1) is 16.5. The zero-order valence-electron chi connectivity index (χ0n) is 13.6. The number of rotatable bonds is 6. The molecular weight excluding hydrogens is 314 g/mol. The average Bonchev–Trinajstić information content (AvgIpc) is 3.20. The maximum atomic E-state index is 12.1. The van der Waals surface area contributed by atoms with Crippen LogP contribution in [0.15, 0.2) is 65.4 Å². The van der Waals surface area contributed by atoms with Gasteiger partial charge in [-0.15, -0.1) is 0 Å². The number of amides is 1. The molecule has 0 spiro atoms. The van der Waals surface area contributed by atoms with E-state index in [1.165, 1.54) is 0 Å². The van der Waals surface area contributed by atoms with Gasteiger partial charge < -0.3 is 9.73 Å². The van der Waals surface area contributed by atoms with Crippen LogP contribution in [0.3, 0.4) is 0 Å². The number of nitriles is 1. The van der Waals surface area contributed by atoms with Crippen LogP contribution >= 0.6 is 0 Å². The summed E-state index contributed by atoms with van der Waals surface area (Å²) in [6.07, 6.45) is 4.33. The largest absolute Gasteiger partial charge is 0.463 e. The summed E-state index contributed by atoms with van der Waals surface area (Å²) in [5, 5.41) is 11.7. The lowest BCUT2D eigenvalue weighted by atomic mass is 10.1. The first-order valence-electron chi connectivity index (χ1n) is 8.00. The highest BCUT2D eigenvalue weighted by molar-refractivity contribution is 5.76. The summed E-state index contributed by atoms with van der Waals surface area (Å²) in [6.45, 7) is 0.399. The highest BCUT2D eigenvalue weighted by Crippen LogP contribution is 2.21. The standard InChI is InChI=1S/C20H17N3O2/c21-13-16-7-5-15(6-8-16)9-10-19(24)23-14-17-3-1-11-22-20(17)18-4-2-12-25-18/h1-8,11-12H,9-10,14H2,(H,23,24). The summed E-state index contributed by atoms with van der Waals surface area (Å²) in [5.74, 6) is 0.654. The van der Waals surface area contributed by atoms with Crippen LogP contribution < -0.4 is 5.32 Å². The number of benzene rings is 1. The quantitative estimate of drug-likeness (QED) is 0.750. The van der Waals surface area contributed by atoms with E-state index in [0.29, 0.717) is 30.7 Å². The Morgan fingerprint density at radius 1 is 1.16 bits per heavy atom. The molecule has 0 unspecified atom stereocenters. The fourth-order valence-electron chi connectivity index (χ4n) is 2.50. The molecule has 5 heteroatoms. The number of hydrogen-bond donors (Lipinski definition) is 1. The average molecular weight is 331 g/mol. The van der Waals surface area contributed by atoms with E-state index in [1.807, 2.05) is 36.4 Å². The van der Waals surface area contributed by atoms with Crippen molar-refractivity contribution in [1.29, 1.82) is 5.26 Å². The van der Waals surface area contributed by atoms with Gasteiger partial charge in [-0.25, -0.2) is 0 Å². The number of carbonyl (C=O) groups excluding carboxylic acids is 1. The summed E-state index contributed by atoms with van der Waals surface area (Å²) in [5.41, 5.74) is 3.30. The Kier molecular flexibility index (Phi) is 5.22. The van der Waals surface area contributed by atoms with Gasteiger partial charge >= 0.3 is 0 Å². The molecule has 0 saturated heterocycles. The van der Waals surface area contributed by atoms with Crippen molar-refractivity contribution < 1.29 is 9.21 Å². The number of aryl methyl sites for hydroxylation is 1. The van der Waals surface area contributed by atoms with Crippen LogP contribution in [-0.4, -0.2) is 10.9 Å². The van der Waals surface area contributed by atoms with Crippen molar-refractivity contribution in [2.45, 2.75) is 19.4 Å². The van der Waals surface area contributed by atoms with E-state index >= 15 is 0 Å². The Morgan fingerprint density at radius 3 is 2.72 bits per heavy atom. The minimum Gasteiger partial charge on any atom is -0.463 e. The van der Waals surface area contributed by atoms with Crippen LogP contribution in [0, 0.1) is 11.3 Å². The highest BCUT2D eigenvalue weighted by Gasteiger charge is 2.10. The van der Waals surface area contributed by atoms with Crippen LogP contribution in [0.5, 0.6) is 0 Å². The van der Waals surface area contributed by atoms with Gasteiger partial charge in [-0.1, -0.05) is 18.2 Å². The predicted octanol–water partition coefficient (Wildman–Crippen LogP) is 3.46. The molecule has 124 valence electrons. The van der Waals surface area contributed by atoms with Crippen molar-refractivity contribution >= 4 is 5.91 Å². The van der Waals surface area contributed by atoms with Crippen LogP contribution in [-0.2, 0) is 17.8 Å². The van der Waals surface area contributed by atoms with Crippen molar-refractivity contribution in [3.05, 3.63) is 77.7 Å². The molecule has 25 heavy (non-hydrogen) atoms. The first-order valence-corrected chi connectivity index (χ1v) is 8.00. The molecule has 0 fully saturated rings. The summed E-state index contributed by atoms with van der Waals surface area (Å²) < 4.78 is 5.39. The lowest BCUT2D eigenvalue weighted by Gasteiger charge is -2.08. The summed E-state index contributed by atoms with van der Waals surface area (Å²) >= 11 is 0. The Balaban J connectivity index is 1.55. The maximum Gasteiger partial charge on any atom is 0.220 e. The molecule has 0 saturated carbocycles. The van der Waals surface area contributed by atoms with E-state index in [-0.39, 0.29) is 5.91 Å². The van der Waals surface area contributed by atoms with E-state index in [4.69, 9.17) is 9.68 Å². The van der Waals surface area contributed by atoms with Gasteiger partial charge in [-0.3, -0.25) is 9.78 Å². The van der Waals surface area contributed by atoms with E-state index in [2.05, 4.69) is 16.4 Å². The molecule has 3 aromatic rings. The van der Waals surface area contributed by atoms with Crippen LogP contribution in [0.25, 0.3) is 11.5 Å². The van der Waals surface area contributed by atoms with E-state index in [1.54, 1.807) is 24.6 Å². The second-order valence-corrected chi connectivity index (χ2v) is 5.57. The van der Waals surface area contributed by atoms with Gasteiger partial charge in [0.1, 0.15) is 5.69 Å². The van der Waals surface area contributed by atoms with E-state index in [0.717, 1.165) is 16.8 Å². The molecule has 0 aliphatic rings. The first-order chi connectivity index (χ1) is 12.3. The monoisotopic (exact) mass is 331 g/mol. The molecule has 0 aliphatic carbocycles. The van der Waals surface area contributed by atoms with Crippen molar-refractivity contribution in [2.24, 2.45) is 0 Å². The van der Waals surface area contributed by atoms with Gasteiger partial charge in [0.05, 0.1) is 17.9 Å². The third kappa shape index (κ3) is 4.33. The zero-order valence-corrected chi connectivity index (χ0v) is 13.6. The number of nitrogens with one attached hydrogen (secondary N) is 1. The SMILES string of the molecule is N#Cc1ccc(CCC(=O)NCc2cccnc2-c2ccco2)cc1. The molecule has 3 rings (SSSR count). The van der Waals surface area contributed by atoms with Crippen molar-refractivity contribution in [1.82, 2.24) is 10.3 Å². The van der Waals surface area contributed by atoms with Crippen molar-refractivity contribution in [3.63, 3.8) is 0 Å². The second kappa shape index (κ2) is 7.93. The molecule has 2 aromatic heterocycles. The Bertz CT molecular complexity index is 878. The van der Waals surface area contributed by atoms with Crippen LogP contribution in [0.1, 0.15) is 23.1 Å². The van der Waals surface area contributed by atoms with E-state index < -0.39 is 0 Å². The number of carbonyl (C=O) groups is 1. The molecule has 0 aliphatic heterocycles. The number of aromatic nitrogens is 1. The third-order valence-corrected chi connectivity index (χ3v) is 3.85. The number of furan rings is 1. The molecule has 1 aromatic carbocycles. The molecular formula is C20H17N3O2. The number of pyridine rings is 1. The highest BCUT2D eigenvalue weighted by atomic mass is 16.3. The molecule has 0 atom stereocenters. The fraction of sp³-hybridized carbons (Fsp3) is 0.150. The fourth-order valence-corrected chi connectivity index (χ4v) is 2.50. The summed E-state index contributed by atoms with van der Waals surface area (Å²) in [6, 6.07) is 16.8. The van der Waals surface area contributed by atoms with Gasteiger partial charge in [0.25, 0.3) is 0 Å². The van der Waals surface area contributed by atoms with Gasteiger partial charge in [0, 0.05) is 24.7 Å². The van der Waals surface area contributed by atoms with E-state index in [9.17, 15) is 4.79 Å². The van der Waals surface area contributed by atoms with Gasteiger partial charge in [0.2, 0.25) is 5.91 Å². The third-order valence-electron chi connectivity index (χ3n) is 3.85. The van der Waals surface area contributed by atoms with Crippen molar-refractivity contribution in [3.8, 4) is 17.5 Å². The molecule has 0 bridgehead atoms. The van der Waals surface area contributed by atoms with Gasteiger partial charge in [-0.2, -0.15) is 5.26 Å². The van der Waals surface area contributed by atoms with Gasteiger partial charge in [-0.05, 0) is 42.3 Å². The minimum absolute atomic E-state index is 0.0291. The molecule has 2 heterocycles. The van der Waals surface area contributed by atoms with Crippen molar-refractivity contribution in [2.75, 3.05) is 0 Å². The maximum absolute atomic E-state index is 12.1. The number of hydrogen-bond acceptors (Lipinski definition) is 4. The van der Waals surface area contributed by atoms with Gasteiger partial charge in [0.15, 0.2) is 5.76 Å². The Hall–Kier alpha value is -3.39. The molecule has 1 amide bonds. The number of nitrogens with zero attached hydrogens (tertiary/aromatic N) is 2. The second-order valence-electron chi connectivity index (χ2n) is 5.57. The molecule has 5 nitrogen and oxygen atoms in total. The molecule has 0 radical (unpaired) electrons. The van der Waals surface area contributed by atoms with Crippen LogP contribution in [0.2, 0.25) is 0 Å². The zero-order chi connectivity index (χ0) is 17.5. The lowest BCUT2D eigenvalue weighted by molar-refractivity contribution is -0.121. The molecule has 1 N–H and O–H groups in total.